The summed E-state index contributed by atoms with van der Waals surface area (Å²) in [6, 6.07) is 32.7. The Morgan fingerprint density at radius 1 is 0.657 bits per heavy atom. The molecule has 0 saturated carbocycles. The van der Waals surface area contributed by atoms with Crippen LogP contribution in [0, 0.1) is 0 Å². The zero-order chi connectivity index (χ0) is 24.5. The number of ether oxygens (including phenoxy) is 2. The number of rotatable bonds is 9. The zero-order valence-corrected chi connectivity index (χ0v) is 19.4. The van der Waals surface area contributed by atoms with Crippen molar-refractivity contribution in [1.82, 2.24) is 0 Å². The van der Waals surface area contributed by atoms with Crippen LogP contribution in [-0.4, -0.2) is 32.1 Å². The number of benzene rings is 4. The smallest absolute Gasteiger partial charge is 0.258 e. The molecule has 0 spiro atoms. The number of carbonyl (C=O) groups is 2. The first-order chi connectivity index (χ1) is 17.1. The van der Waals surface area contributed by atoms with Crippen molar-refractivity contribution in [3.05, 3.63) is 120 Å². The molecule has 0 saturated heterocycles. The Kier molecular flexibility index (Phi) is 7.76. The highest BCUT2D eigenvalue weighted by Gasteiger charge is 2.13. The molecular weight excluding hydrogens is 440 g/mol. The quantitative estimate of drug-likeness (QED) is 0.323. The maximum atomic E-state index is 12.7. The van der Waals surface area contributed by atoms with E-state index in [1.54, 1.807) is 60.5 Å². The van der Waals surface area contributed by atoms with Crippen LogP contribution in [0.25, 0.3) is 0 Å². The number of para-hydroxylation sites is 2. The van der Waals surface area contributed by atoms with Gasteiger partial charge in [-0.3, -0.25) is 9.59 Å². The number of anilines is 2. The molecule has 0 heterocycles. The molecule has 6 heteroatoms. The summed E-state index contributed by atoms with van der Waals surface area (Å²) >= 11 is 0. The van der Waals surface area contributed by atoms with Crippen molar-refractivity contribution in [2.45, 2.75) is 0 Å². The van der Waals surface area contributed by atoms with Crippen LogP contribution in [0.15, 0.2) is 109 Å². The molecule has 4 aromatic rings. The maximum absolute atomic E-state index is 12.7. The summed E-state index contributed by atoms with van der Waals surface area (Å²) < 4.78 is 11.3. The van der Waals surface area contributed by atoms with E-state index in [-0.39, 0.29) is 11.8 Å². The molecular formula is C29H26N2O4. The fraction of sp³-hybridized carbons (Fsp3) is 0.103. The van der Waals surface area contributed by atoms with Gasteiger partial charge in [0.15, 0.2) is 0 Å². The van der Waals surface area contributed by atoms with Gasteiger partial charge in [-0.15, -0.1) is 0 Å². The van der Waals surface area contributed by atoms with Crippen LogP contribution in [-0.2, 0) is 0 Å². The van der Waals surface area contributed by atoms with Crippen LogP contribution in [0.1, 0.15) is 20.7 Å². The molecule has 0 bridgehead atoms. The summed E-state index contributed by atoms with van der Waals surface area (Å²) in [6.45, 7) is 0.816. The van der Waals surface area contributed by atoms with Gasteiger partial charge in [0.2, 0.25) is 0 Å². The highest BCUT2D eigenvalue weighted by molar-refractivity contribution is 6.07. The molecule has 0 aromatic heterocycles. The van der Waals surface area contributed by atoms with Crippen molar-refractivity contribution in [3.63, 3.8) is 0 Å². The van der Waals surface area contributed by atoms with Gasteiger partial charge in [0, 0.05) is 29.5 Å². The Bertz CT molecular complexity index is 1240. The van der Waals surface area contributed by atoms with Gasteiger partial charge in [-0.1, -0.05) is 36.4 Å². The van der Waals surface area contributed by atoms with E-state index in [2.05, 4.69) is 5.32 Å². The summed E-state index contributed by atoms with van der Waals surface area (Å²) in [7, 11) is 1.73. The number of carbonyl (C=O) groups excluding carboxylic acids is 2. The van der Waals surface area contributed by atoms with E-state index >= 15 is 0 Å². The lowest BCUT2D eigenvalue weighted by atomic mass is 10.1. The summed E-state index contributed by atoms with van der Waals surface area (Å²) in [4.78, 5) is 26.9. The fourth-order valence-corrected chi connectivity index (χ4v) is 3.40. The van der Waals surface area contributed by atoms with E-state index in [9.17, 15) is 9.59 Å². The van der Waals surface area contributed by atoms with Gasteiger partial charge in [0.05, 0.1) is 0 Å². The van der Waals surface area contributed by atoms with Gasteiger partial charge < -0.3 is 19.7 Å². The van der Waals surface area contributed by atoms with Crippen molar-refractivity contribution < 1.29 is 19.1 Å². The lowest BCUT2D eigenvalue weighted by molar-refractivity contribution is 0.0991. The van der Waals surface area contributed by atoms with Gasteiger partial charge in [0.25, 0.3) is 11.8 Å². The highest BCUT2D eigenvalue weighted by atomic mass is 16.5. The second-order valence-corrected chi connectivity index (χ2v) is 7.77. The largest absolute Gasteiger partial charge is 0.490 e. The van der Waals surface area contributed by atoms with Crippen molar-refractivity contribution in [3.8, 4) is 11.5 Å². The molecule has 0 aliphatic heterocycles. The molecule has 0 fully saturated rings. The van der Waals surface area contributed by atoms with Gasteiger partial charge in [0.1, 0.15) is 24.7 Å². The highest BCUT2D eigenvalue weighted by Crippen LogP contribution is 2.18. The molecule has 35 heavy (non-hydrogen) atoms. The van der Waals surface area contributed by atoms with E-state index in [1.165, 1.54) is 0 Å². The minimum absolute atomic E-state index is 0.126. The average molecular weight is 467 g/mol. The van der Waals surface area contributed by atoms with Crippen molar-refractivity contribution >= 4 is 23.2 Å². The van der Waals surface area contributed by atoms with E-state index < -0.39 is 0 Å². The molecule has 4 aromatic carbocycles. The summed E-state index contributed by atoms with van der Waals surface area (Å²) in [5.74, 6) is 1.08. The van der Waals surface area contributed by atoms with Crippen molar-refractivity contribution in [2.75, 3.05) is 30.5 Å². The van der Waals surface area contributed by atoms with Gasteiger partial charge in [-0.2, -0.15) is 0 Å². The maximum Gasteiger partial charge on any atom is 0.258 e. The monoisotopic (exact) mass is 466 g/mol. The first-order valence-electron chi connectivity index (χ1n) is 11.3. The van der Waals surface area contributed by atoms with Crippen LogP contribution in [0.5, 0.6) is 11.5 Å². The van der Waals surface area contributed by atoms with Crippen LogP contribution < -0.4 is 19.7 Å². The Hall–Kier alpha value is -4.58. The molecule has 0 aliphatic rings. The fourth-order valence-electron chi connectivity index (χ4n) is 3.40. The molecule has 4 rings (SSSR count). The molecule has 0 atom stereocenters. The minimum atomic E-state index is -0.246. The molecule has 1 N–H and O–H groups in total. The summed E-state index contributed by atoms with van der Waals surface area (Å²) in [6.07, 6.45) is 0. The average Bonchev–Trinajstić information content (AvgIpc) is 2.92. The molecule has 2 amide bonds. The van der Waals surface area contributed by atoms with Crippen molar-refractivity contribution in [2.24, 2.45) is 0 Å². The predicted octanol–water partition coefficient (Wildman–Crippen LogP) is 5.67. The lowest BCUT2D eigenvalue weighted by Gasteiger charge is -2.17. The summed E-state index contributed by atoms with van der Waals surface area (Å²) in [5.41, 5.74) is 2.45. The number of hydrogen-bond acceptors (Lipinski definition) is 4. The summed E-state index contributed by atoms with van der Waals surface area (Å²) in [5, 5.41) is 2.85. The van der Waals surface area contributed by atoms with Gasteiger partial charge in [-0.05, 0) is 72.8 Å². The van der Waals surface area contributed by atoms with Gasteiger partial charge in [-0.25, -0.2) is 0 Å². The van der Waals surface area contributed by atoms with E-state index in [0.29, 0.717) is 35.8 Å². The number of nitrogens with zero attached hydrogens (tertiary/aromatic N) is 1. The molecule has 176 valence electrons. The second-order valence-electron chi connectivity index (χ2n) is 7.77. The third-order valence-corrected chi connectivity index (χ3v) is 5.32. The second kappa shape index (κ2) is 11.5. The standard InChI is InChI=1S/C29H26N2O4/c1-31(25-8-4-2-5-9-25)29(33)23-12-16-24(17-13-23)30-28(32)22-14-18-27(19-15-22)35-21-20-34-26-10-6-3-7-11-26/h2-19H,20-21H2,1H3,(H,30,32). The Labute approximate surface area is 204 Å². The van der Waals surface area contributed by atoms with E-state index in [0.717, 1.165) is 11.4 Å². The van der Waals surface area contributed by atoms with Crippen LogP contribution >= 0.6 is 0 Å². The lowest BCUT2D eigenvalue weighted by Crippen LogP contribution is -2.26. The van der Waals surface area contributed by atoms with Crippen LogP contribution in [0.4, 0.5) is 11.4 Å². The zero-order valence-electron chi connectivity index (χ0n) is 19.4. The molecule has 6 nitrogen and oxygen atoms in total. The number of amides is 2. The molecule has 0 aliphatic carbocycles. The first-order valence-corrected chi connectivity index (χ1v) is 11.3. The Morgan fingerprint density at radius 3 is 1.77 bits per heavy atom. The predicted molar refractivity (Wildman–Crippen MR) is 137 cm³/mol. The molecule has 0 radical (unpaired) electrons. The molecule has 0 unspecified atom stereocenters. The third kappa shape index (κ3) is 6.48. The van der Waals surface area contributed by atoms with Crippen LogP contribution in [0.3, 0.4) is 0 Å². The van der Waals surface area contributed by atoms with E-state index in [1.807, 2.05) is 60.7 Å². The topological polar surface area (TPSA) is 67.9 Å². The van der Waals surface area contributed by atoms with Crippen molar-refractivity contribution in [1.29, 1.82) is 0 Å². The Balaban J connectivity index is 1.27. The third-order valence-electron chi connectivity index (χ3n) is 5.32. The first kappa shape index (κ1) is 23.6. The van der Waals surface area contributed by atoms with Crippen LogP contribution in [0.2, 0.25) is 0 Å². The number of nitrogens with one attached hydrogen (secondary N) is 1. The SMILES string of the molecule is CN(C(=O)c1ccc(NC(=O)c2ccc(OCCOc3ccccc3)cc2)cc1)c1ccccc1. The minimum Gasteiger partial charge on any atom is -0.490 e. The van der Waals surface area contributed by atoms with E-state index in [4.69, 9.17) is 9.47 Å². The Morgan fingerprint density at radius 2 is 1.17 bits per heavy atom. The van der Waals surface area contributed by atoms with Gasteiger partial charge >= 0.3 is 0 Å². The number of hydrogen-bond donors (Lipinski definition) is 1. The normalized spacial score (nSPS) is 10.3.